The van der Waals surface area contributed by atoms with Crippen LogP contribution in [0, 0.1) is 10.1 Å². The van der Waals surface area contributed by atoms with E-state index in [0.717, 1.165) is 6.42 Å². The molecule has 1 heterocycles. The van der Waals surface area contributed by atoms with E-state index in [1.165, 1.54) is 13.2 Å². The first kappa shape index (κ1) is 19.2. The van der Waals surface area contributed by atoms with Crippen molar-refractivity contribution in [2.24, 2.45) is 0 Å². The van der Waals surface area contributed by atoms with Crippen LogP contribution in [-0.2, 0) is 0 Å². The third-order valence-electron chi connectivity index (χ3n) is 4.07. The van der Waals surface area contributed by atoms with Crippen LogP contribution in [0.25, 0.3) is 22.8 Å². The Bertz CT molecular complexity index is 986. The Labute approximate surface area is 161 Å². The number of rotatable bonds is 8. The Hall–Kier alpha value is -3.62. The van der Waals surface area contributed by atoms with Crippen molar-refractivity contribution >= 4 is 11.4 Å². The van der Waals surface area contributed by atoms with Crippen LogP contribution in [0.5, 0.6) is 11.5 Å². The lowest BCUT2D eigenvalue weighted by Gasteiger charge is -2.07. The van der Waals surface area contributed by atoms with E-state index >= 15 is 0 Å². The second-order valence-electron chi connectivity index (χ2n) is 5.91. The van der Waals surface area contributed by atoms with E-state index in [1.54, 1.807) is 37.4 Å². The molecule has 0 aliphatic carbocycles. The minimum Gasteiger partial charge on any atom is -0.493 e. The second-order valence-corrected chi connectivity index (χ2v) is 5.91. The summed E-state index contributed by atoms with van der Waals surface area (Å²) in [5.74, 6) is 1.65. The first-order valence-electron chi connectivity index (χ1n) is 8.66. The molecule has 0 saturated heterocycles. The van der Waals surface area contributed by atoms with E-state index in [-0.39, 0.29) is 11.6 Å². The quantitative estimate of drug-likeness (QED) is 0.455. The summed E-state index contributed by atoms with van der Waals surface area (Å²) in [7, 11) is 3.09. The Balaban J connectivity index is 1.93. The maximum Gasteiger partial charge on any atom is 0.293 e. The fourth-order valence-corrected chi connectivity index (χ4v) is 2.66. The van der Waals surface area contributed by atoms with Gasteiger partial charge in [-0.2, -0.15) is 4.98 Å². The van der Waals surface area contributed by atoms with Gasteiger partial charge >= 0.3 is 0 Å². The van der Waals surface area contributed by atoms with Crippen molar-refractivity contribution in [3.05, 3.63) is 46.5 Å². The summed E-state index contributed by atoms with van der Waals surface area (Å²) in [5, 5.41) is 18.4. The average Bonchev–Trinajstić information content (AvgIpc) is 3.21. The molecule has 0 bridgehead atoms. The minimum atomic E-state index is -0.437. The second kappa shape index (κ2) is 8.38. The van der Waals surface area contributed by atoms with Gasteiger partial charge in [-0.25, -0.2) is 0 Å². The lowest BCUT2D eigenvalue weighted by molar-refractivity contribution is -0.383. The van der Waals surface area contributed by atoms with Crippen molar-refractivity contribution in [2.45, 2.75) is 13.3 Å². The van der Waals surface area contributed by atoms with Gasteiger partial charge in [-0.05, 0) is 36.8 Å². The van der Waals surface area contributed by atoms with Crippen LogP contribution in [0.2, 0.25) is 0 Å². The van der Waals surface area contributed by atoms with Crippen LogP contribution in [-0.4, -0.2) is 35.8 Å². The average molecular weight is 384 g/mol. The topological polar surface area (TPSA) is 113 Å². The van der Waals surface area contributed by atoms with E-state index in [9.17, 15) is 10.1 Å². The highest BCUT2D eigenvalue weighted by Gasteiger charge is 2.19. The molecule has 0 aliphatic heterocycles. The normalized spacial score (nSPS) is 10.5. The van der Waals surface area contributed by atoms with Gasteiger partial charge in [0.05, 0.1) is 19.1 Å². The van der Waals surface area contributed by atoms with Gasteiger partial charge < -0.3 is 19.3 Å². The Morgan fingerprint density at radius 3 is 2.54 bits per heavy atom. The van der Waals surface area contributed by atoms with Crippen LogP contribution >= 0.6 is 0 Å². The van der Waals surface area contributed by atoms with Gasteiger partial charge in [-0.1, -0.05) is 12.1 Å². The number of aromatic nitrogens is 2. The molecule has 0 atom stereocenters. The highest BCUT2D eigenvalue weighted by molar-refractivity contribution is 5.71. The van der Waals surface area contributed by atoms with Crippen molar-refractivity contribution in [3.63, 3.8) is 0 Å². The molecule has 9 nitrogen and oxygen atoms in total. The number of hydrogen-bond acceptors (Lipinski definition) is 8. The molecular weight excluding hydrogens is 364 g/mol. The summed E-state index contributed by atoms with van der Waals surface area (Å²) in [5.41, 5.74) is 1.54. The largest absolute Gasteiger partial charge is 0.493 e. The van der Waals surface area contributed by atoms with E-state index in [2.05, 4.69) is 15.5 Å². The minimum absolute atomic E-state index is 0.0446. The summed E-state index contributed by atoms with van der Waals surface area (Å²) < 4.78 is 15.8. The lowest BCUT2D eigenvalue weighted by atomic mass is 10.1. The first-order chi connectivity index (χ1) is 13.6. The highest BCUT2D eigenvalue weighted by Crippen LogP contribution is 2.33. The third kappa shape index (κ3) is 3.88. The molecule has 9 heteroatoms. The zero-order valence-electron chi connectivity index (χ0n) is 15.8. The predicted octanol–water partition coefficient (Wildman–Crippen LogP) is 4.15. The number of methoxy groups -OCH3 is 2. The standard InChI is InChI=1S/C19H20N4O5/c1-4-9-20-14-7-5-13(10-15(14)23(24)25)19-21-18(22-28-19)12-6-8-16(26-2)17(11-12)27-3/h5-8,10-11,20H,4,9H2,1-3H3. The Morgan fingerprint density at radius 1 is 1.11 bits per heavy atom. The summed E-state index contributed by atoms with van der Waals surface area (Å²) in [6.07, 6.45) is 0.858. The molecule has 0 saturated carbocycles. The fourth-order valence-electron chi connectivity index (χ4n) is 2.66. The molecular formula is C19H20N4O5. The van der Waals surface area contributed by atoms with E-state index in [1.807, 2.05) is 6.92 Å². The SMILES string of the molecule is CCCNc1ccc(-c2nc(-c3ccc(OC)c(OC)c3)no2)cc1[N+](=O)[O-]. The molecule has 1 aromatic heterocycles. The molecule has 0 radical (unpaired) electrons. The number of nitrogens with one attached hydrogen (secondary N) is 1. The predicted molar refractivity (Wildman–Crippen MR) is 104 cm³/mol. The van der Waals surface area contributed by atoms with Crippen molar-refractivity contribution in [1.82, 2.24) is 10.1 Å². The lowest BCUT2D eigenvalue weighted by Crippen LogP contribution is -2.03. The molecule has 0 amide bonds. The van der Waals surface area contributed by atoms with Gasteiger partial charge in [0, 0.05) is 23.7 Å². The maximum atomic E-state index is 11.4. The molecule has 0 unspecified atom stereocenters. The molecule has 146 valence electrons. The van der Waals surface area contributed by atoms with Gasteiger partial charge in [-0.3, -0.25) is 10.1 Å². The number of nitrogens with zero attached hydrogens (tertiary/aromatic N) is 3. The number of nitro benzene ring substituents is 1. The van der Waals surface area contributed by atoms with Gasteiger partial charge in [0.25, 0.3) is 11.6 Å². The Kier molecular flexibility index (Phi) is 5.73. The smallest absolute Gasteiger partial charge is 0.293 e. The molecule has 0 spiro atoms. The summed E-state index contributed by atoms with van der Waals surface area (Å²) in [4.78, 5) is 15.3. The highest BCUT2D eigenvalue weighted by atomic mass is 16.6. The van der Waals surface area contributed by atoms with Crippen LogP contribution < -0.4 is 14.8 Å². The van der Waals surface area contributed by atoms with E-state index in [4.69, 9.17) is 14.0 Å². The van der Waals surface area contributed by atoms with E-state index < -0.39 is 4.92 Å². The monoisotopic (exact) mass is 384 g/mol. The van der Waals surface area contributed by atoms with Crippen LogP contribution in [0.4, 0.5) is 11.4 Å². The number of hydrogen-bond donors (Lipinski definition) is 1. The van der Waals surface area contributed by atoms with Gasteiger partial charge in [0.2, 0.25) is 5.82 Å². The molecule has 0 aliphatic rings. The van der Waals surface area contributed by atoms with Crippen LogP contribution in [0.15, 0.2) is 40.9 Å². The maximum absolute atomic E-state index is 11.4. The molecule has 3 rings (SSSR count). The Morgan fingerprint density at radius 2 is 1.86 bits per heavy atom. The number of ether oxygens (including phenoxy) is 2. The molecule has 28 heavy (non-hydrogen) atoms. The number of nitro groups is 1. The third-order valence-corrected chi connectivity index (χ3v) is 4.07. The summed E-state index contributed by atoms with van der Waals surface area (Å²) in [6, 6.07) is 10.0. The van der Waals surface area contributed by atoms with Gasteiger partial charge in [-0.15, -0.1) is 0 Å². The zero-order valence-corrected chi connectivity index (χ0v) is 15.8. The van der Waals surface area contributed by atoms with Gasteiger partial charge in [0.1, 0.15) is 5.69 Å². The van der Waals surface area contributed by atoms with Gasteiger partial charge in [0.15, 0.2) is 11.5 Å². The van der Waals surface area contributed by atoms with Crippen molar-refractivity contribution < 1.29 is 18.9 Å². The first-order valence-corrected chi connectivity index (χ1v) is 8.66. The summed E-state index contributed by atoms with van der Waals surface area (Å²) >= 11 is 0. The summed E-state index contributed by atoms with van der Waals surface area (Å²) in [6.45, 7) is 2.63. The van der Waals surface area contributed by atoms with Crippen molar-refractivity contribution in [1.29, 1.82) is 0 Å². The van der Waals surface area contributed by atoms with E-state index in [0.29, 0.717) is 40.7 Å². The molecule has 3 aromatic rings. The number of anilines is 1. The van der Waals surface area contributed by atoms with Crippen LogP contribution in [0.3, 0.4) is 0 Å². The van der Waals surface area contributed by atoms with Crippen molar-refractivity contribution in [3.8, 4) is 34.3 Å². The molecule has 0 fully saturated rings. The fraction of sp³-hybridized carbons (Fsp3) is 0.263. The number of benzene rings is 2. The van der Waals surface area contributed by atoms with Crippen molar-refractivity contribution in [2.75, 3.05) is 26.1 Å². The van der Waals surface area contributed by atoms with Crippen LogP contribution in [0.1, 0.15) is 13.3 Å². The molecule has 1 N–H and O–H groups in total. The zero-order chi connectivity index (χ0) is 20.1. The molecule has 2 aromatic carbocycles.